The van der Waals surface area contributed by atoms with E-state index in [1.165, 1.54) is 0 Å². The van der Waals surface area contributed by atoms with Crippen LogP contribution in [-0.4, -0.2) is 41.4 Å². The molecule has 0 saturated carbocycles. The molecule has 9 heteroatoms. The first-order valence-corrected chi connectivity index (χ1v) is 5.93. The van der Waals surface area contributed by atoms with Crippen LogP contribution < -0.4 is 5.32 Å². The predicted molar refractivity (Wildman–Crippen MR) is 62.9 cm³/mol. The number of carbonyl (C=O) groups excluding carboxylic acids is 1. The molecule has 2 atom stereocenters. The fourth-order valence-corrected chi connectivity index (χ4v) is 1.94. The van der Waals surface area contributed by atoms with Crippen LogP contribution in [0, 0.1) is 5.82 Å². The van der Waals surface area contributed by atoms with Crippen molar-refractivity contribution in [3.05, 3.63) is 29.6 Å². The third-order valence-electron chi connectivity index (χ3n) is 3.03. The molecule has 4 nitrogen and oxygen atoms in total. The maximum absolute atomic E-state index is 13.1. The van der Waals surface area contributed by atoms with Crippen LogP contribution in [0.4, 0.5) is 32.4 Å². The lowest BCUT2D eigenvalue weighted by atomic mass is 10.2. The highest BCUT2D eigenvalue weighted by Gasteiger charge is 2.36. The lowest BCUT2D eigenvalue weighted by molar-refractivity contribution is -0.139. The van der Waals surface area contributed by atoms with Crippen molar-refractivity contribution < 1.29 is 31.9 Å². The lowest BCUT2D eigenvalue weighted by Gasteiger charge is -2.17. The van der Waals surface area contributed by atoms with Gasteiger partial charge in [0, 0.05) is 5.69 Å². The number of alkyl halides is 4. The first-order chi connectivity index (χ1) is 9.68. The lowest BCUT2D eigenvalue weighted by Crippen LogP contribution is -2.33. The molecule has 1 aliphatic rings. The third kappa shape index (κ3) is 3.41. The largest absolute Gasteiger partial charge is 0.419 e. The molecule has 0 radical (unpaired) electrons. The molecule has 0 unspecified atom stereocenters. The van der Waals surface area contributed by atoms with Crippen molar-refractivity contribution in [3.8, 4) is 0 Å². The number of nitrogens with one attached hydrogen (secondary N) is 1. The molecule has 0 aliphatic carbocycles. The standard InChI is InChI=1S/C12H11F5N2O2/c13-8-2-1-6(3-7(8)12(15,16)17)18-11(21)19-4-9(14)10(20)5-19/h1-3,9-10,20H,4-5H2,(H,18,21)/t9-,10-/m1/s1. The van der Waals surface area contributed by atoms with Gasteiger partial charge >= 0.3 is 12.2 Å². The Hall–Kier alpha value is -1.90. The molecule has 1 aliphatic heterocycles. The van der Waals surface area contributed by atoms with Gasteiger partial charge in [-0.3, -0.25) is 0 Å². The second kappa shape index (κ2) is 5.47. The molecule has 116 valence electrons. The fourth-order valence-electron chi connectivity index (χ4n) is 1.94. The number of hydrogen-bond donors (Lipinski definition) is 2. The SMILES string of the molecule is O=C(Nc1ccc(F)c(C(F)(F)F)c1)N1C[C@@H](O)[C@H](F)C1. The van der Waals surface area contributed by atoms with Gasteiger partial charge in [-0.1, -0.05) is 0 Å². The number of β-amino-alcohol motifs (C(OH)–C–C–N with tert-alkyl or cyclic N) is 1. The van der Waals surface area contributed by atoms with Crippen LogP contribution in [0.25, 0.3) is 0 Å². The number of aliphatic hydroxyl groups is 1. The highest BCUT2D eigenvalue weighted by atomic mass is 19.4. The monoisotopic (exact) mass is 310 g/mol. The summed E-state index contributed by atoms with van der Waals surface area (Å²) in [6, 6.07) is 1.12. The first-order valence-electron chi connectivity index (χ1n) is 5.93. The zero-order valence-electron chi connectivity index (χ0n) is 10.5. The fraction of sp³-hybridized carbons (Fsp3) is 0.417. The number of nitrogens with zero attached hydrogens (tertiary/aromatic N) is 1. The maximum Gasteiger partial charge on any atom is 0.419 e. The van der Waals surface area contributed by atoms with Crippen molar-refractivity contribution in [2.45, 2.75) is 18.5 Å². The first kappa shape index (κ1) is 15.5. The van der Waals surface area contributed by atoms with Crippen molar-refractivity contribution >= 4 is 11.7 Å². The molecule has 21 heavy (non-hydrogen) atoms. The summed E-state index contributed by atoms with van der Waals surface area (Å²) in [5.41, 5.74) is -1.78. The summed E-state index contributed by atoms with van der Waals surface area (Å²) in [4.78, 5) is 12.6. The smallest absolute Gasteiger partial charge is 0.388 e. The van der Waals surface area contributed by atoms with Gasteiger partial charge in [0.1, 0.15) is 18.1 Å². The molecule has 1 heterocycles. The Kier molecular flexibility index (Phi) is 4.04. The summed E-state index contributed by atoms with van der Waals surface area (Å²) in [5, 5.41) is 11.3. The van der Waals surface area contributed by atoms with Gasteiger partial charge < -0.3 is 15.3 Å². The number of rotatable bonds is 1. The van der Waals surface area contributed by atoms with E-state index < -0.39 is 35.9 Å². The summed E-state index contributed by atoms with van der Waals surface area (Å²) < 4.78 is 63.7. The number of carbonyl (C=O) groups is 1. The van der Waals surface area contributed by atoms with E-state index in [-0.39, 0.29) is 18.8 Å². The molecule has 2 rings (SSSR count). The molecule has 2 N–H and O–H groups in total. The average Bonchev–Trinajstić information content (AvgIpc) is 2.71. The number of aliphatic hydroxyl groups excluding tert-OH is 1. The number of urea groups is 1. The minimum absolute atomic E-state index is 0.264. The highest BCUT2D eigenvalue weighted by molar-refractivity contribution is 5.89. The number of likely N-dealkylation sites (tertiary alicyclic amines) is 1. The summed E-state index contributed by atoms with van der Waals surface area (Å²) in [5.74, 6) is -1.46. The Labute approximate surface area is 116 Å². The number of anilines is 1. The van der Waals surface area contributed by atoms with Crippen LogP contribution >= 0.6 is 0 Å². The van der Waals surface area contributed by atoms with Crippen molar-refractivity contribution in [2.24, 2.45) is 0 Å². The molecule has 0 spiro atoms. The van der Waals surface area contributed by atoms with Crippen LogP contribution in [0.15, 0.2) is 18.2 Å². The van der Waals surface area contributed by atoms with E-state index in [2.05, 4.69) is 5.32 Å². The van der Waals surface area contributed by atoms with Gasteiger partial charge in [0.2, 0.25) is 0 Å². The van der Waals surface area contributed by atoms with E-state index in [9.17, 15) is 31.9 Å². The summed E-state index contributed by atoms with van der Waals surface area (Å²) in [6.45, 7) is -0.624. The molecule has 0 aromatic heterocycles. The van der Waals surface area contributed by atoms with Crippen LogP contribution in [0.1, 0.15) is 5.56 Å². The van der Waals surface area contributed by atoms with Crippen molar-refractivity contribution in [2.75, 3.05) is 18.4 Å². The van der Waals surface area contributed by atoms with Crippen LogP contribution in [0.2, 0.25) is 0 Å². The van der Waals surface area contributed by atoms with Gasteiger partial charge in [-0.15, -0.1) is 0 Å². The highest BCUT2D eigenvalue weighted by Crippen LogP contribution is 2.33. The molecule has 0 bridgehead atoms. The van der Waals surface area contributed by atoms with Crippen LogP contribution in [0.5, 0.6) is 0 Å². The Morgan fingerprint density at radius 1 is 1.33 bits per heavy atom. The topological polar surface area (TPSA) is 52.6 Å². The van der Waals surface area contributed by atoms with E-state index in [1.807, 2.05) is 0 Å². The number of halogens is 5. The van der Waals surface area contributed by atoms with E-state index in [0.717, 1.165) is 11.0 Å². The summed E-state index contributed by atoms with van der Waals surface area (Å²) in [7, 11) is 0. The molecular weight excluding hydrogens is 299 g/mol. The van der Waals surface area contributed by atoms with Crippen molar-refractivity contribution in [1.29, 1.82) is 0 Å². The van der Waals surface area contributed by atoms with E-state index in [4.69, 9.17) is 0 Å². The van der Waals surface area contributed by atoms with E-state index >= 15 is 0 Å². The Morgan fingerprint density at radius 2 is 2.00 bits per heavy atom. The Morgan fingerprint density at radius 3 is 2.52 bits per heavy atom. The summed E-state index contributed by atoms with van der Waals surface area (Å²) >= 11 is 0. The quantitative estimate of drug-likeness (QED) is 0.783. The minimum Gasteiger partial charge on any atom is -0.388 e. The van der Waals surface area contributed by atoms with Crippen LogP contribution in [0.3, 0.4) is 0 Å². The van der Waals surface area contributed by atoms with Gasteiger partial charge in [-0.25, -0.2) is 13.6 Å². The normalized spacial score (nSPS) is 22.5. The number of benzene rings is 1. The zero-order chi connectivity index (χ0) is 15.8. The molecule has 1 aromatic carbocycles. The second-order valence-corrected chi connectivity index (χ2v) is 4.61. The predicted octanol–water partition coefficient (Wildman–Crippen LogP) is 2.39. The zero-order valence-corrected chi connectivity index (χ0v) is 10.5. The molecule has 2 amide bonds. The molecule has 1 aromatic rings. The van der Waals surface area contributed by atoms with E-state index in [0.29, 0.717) is 12.1 Å². The van der Waals surface area contributed by atoms with Crippen molar-refractivity contribution in [3.63, 3.8) is 0 Å². The average molecular weight is 310 g/mol. The molecule has 1 fully saturated rings. The van der Waals surface area contributed by atoms with Gasteiger partial charge in [0.05, 0.1) is 18.7 Å². The number of amides is 2. The van der Waals surface area contributed by atoms with Gasteiger partial charge in [0.15, 0.2) is 0 Å². The summed E-state index contributed by atoms with van der Waals surface area (Å²) in [6.07, 6.45) is -7.82. The van der Waals surface area contributed by atoms with Crippen LogP contribution in [-0.2, 0) is 6.18 Å². The minimum atomic E-state index is -4.89. The van der Waals surface area contributed by atoms with Gasteiger partial charge in [0.25, 0.3) is 0 Å². The van der Waals surface area contributed by atoms with Gasteiger partial charge in [-0.2, -0.15) is 13.2 Å². The van der Waals surface area contributed by atoms with Crippen molar-refractivity contribution in [1.82, 2.24) is 4.90 Å². The second-order valence-electron chi connectivity index (χ2n) is 4.61. The third-order valence-corrected chi connectivity index (χ3v) is 3.03. The Bertz CT molecular complexity index is 539. The van der Waals surface area contributed by atoms with E-state index in [1.54, 1.807) is 0 Å². The number of hydrogen-bond acceptors (Lipinski definition) is 2. The molecule has 1 saturated heterocycles. The van der Waals surface area contributed by atoms with Gasteiger partial charge in [-0.05, 0) is 18.2 Å². The molecular formula is C12H11F5N2O2. The Balaban J connectivity index is 2.12. The maximum atomic E-state index is 13.1.